The van der Waals surface area contributed by atoms with Crippen molar-refractivity contribution in [2.45, 2.75) is 24.7 Å². The van der Waals surface area contributed by atoms with E-state index in [1.54, 1.807) is 0 Å². The molecule has 3 heterocycles. The second-order valence-corrected chi connectivity index (χ2v) is 8.25. The van der Waals surface area contributed by atoms with Gasteiger partial charge in [-0.3, -0.25) is 14.5 Å². The summed E-state index contributed by atoms with van der Waals surface area (Å²) in [6, 6.07) is -2.19. The molecule has 0 aliphatic carbocycles. The molecule has 2 amide bonds. The third kappa shape index (κ3) is 3.75. The number of carbonyl (C=O) groups excluding carboxylic acids is 2. The van der Waals surface area contributed by atoms with Crippen LogP contribution < -0.4 is 4.72 Å². The molecule has 3 aliphatic rings. The minimum absolute atomic E-state index is 0. The summed E-state index contributed by atoms with van der Waals surface area (Å²) >= 11 is 0. The molecule has 0 spiro atoms. The number of carboxylic acid groups (broad SMARTS) is 1. The average molecular weight is 421 g/mol. The van der Waals surface area contributed by atoms with Gasteiger partial charge in [0.1, 0.15) is 11.7 Å². The summed E-state index contributed by atoms with van der Waals surface area (Å²) in [4.78, 5) is 36.7. The van der Waals surface area contributed by atoms with Crippen LogP contribution in [0.4, 0.5) is 13.2 Å². The van der Waals surface area contributed by atoms with Gasteiger partial charge in [0, 0.05) is 19.0 Å². The molecular weight excluding hydrogens is 406 g/mol. The van der Waals surface area contributed by atoms with Gasteiger partial charge in [0.05, 0.1) is 12.3 Å². The quantitative estimate of drug-likeness (QED) is 0.409. The van der Waals surface area contributed by atoms with Crippen molar-refractivity contribution in [3.05, 3.63) is 11.3 Å². The van der Waals surface area contributed by atoms with Crippen LogP contribution >= 0.6 is 0 Å². The van der Waals surface area contributed by atoms with Gasteiger partial charge in [0.25, 0.3) is 5.91 Å². The number of β-lactam (4-membered cyclic amide) rings is 1. The predicted molar refractivity (Wildman–Crippen MR) is 85.0 cm³/mol. The van der Waals surface area contributed by atoms with E-state index in [9.17, 15) is 41.1 Å². The SMILES string of the molecule is CS(=O)(=O)NCC1=C(C(=O)O)N2C(=O)[C@@H]3[C@H]2[C@H](C1)CN3C(=O)C(F)(F)F.[NaH]. The van der Waals surface area contributed by atoms with Crippen LogP contribution in [0.3, 0.4) is 0 Å². The molecule has 9 nitrogen and oxygen atoms in total. The molecule has 146 valence electrons. The molecule has 3 aliphatic heterocycles. The topological polar surface area (TPSA) is 124 Å². The van der Waals surface area contributed by atoms with Crippen LogP contribution in [0.25, 0.3) is 0 Å². The number of carbonyl (C=O) groups is 3. The summed E-state index contributed by atoms with van der Waals surface area (Å²) in [6.45, 7) is -0.740. The van der Waals surface area contributed by atoms with E-state index < -0.39 is 57.7 Å². The normalized spacial score (nSPS) is 27.1. The van der Waals surface area contributed by atoms with Gasteiger partial charge in [0.15, 0.2) is 0 Å². The first-order valence-electron chi connectivity index (χ1n) is 7.43. The van der Waals surface area contributed by atoms with E-state index in [0.29, 0.717) is 4.90 Å². The van der Waals surface area contributed by atoms with E-state index in [-0.39, 0.29) is 54.6 Å². The Hall–Kier alpha value is -1.15. The summed E-state index contributed by atoms with van der Waals surface area (Å²) in [5.74, 6) is -5.13. The maximum atomic E-state index is 12.7. The van der Waals surface area contributed by atoms with Crippen molar-refractivity contribution in [1.29, 1.82) is 0 Å². The second-order valence-electron chi connectivity index (χ2n) is 6.41. The van der Waals surface area contributed by atoms with E-state index >= 15 is 0 Å². The molecule has 0 aromatic carbocycles. The monoisotopic (exact) mass is 421 g/mol. The predicted octanol–water partition coefficient (Wildman–Crippen LogP) is -1.77. The summed E-state index contributed by atoms with van der Waals surface area (Å²) in [7, 11) is -3.65. The molecule has 2 saturated heterocycles. The van der Waals surface area contributed by atoms with E-state index in [1.165, 1.54) is 0 Å². The fourth-order valence-electron chi connectivity index (χ4n) is 3.78. The second kappa shape index (κ2) is 7.03. The van der Waals surface area contributed by atoms with Crippen molar-refractivity contribution in [1.82, 2.24) is 14.5 Å². The molecule has 2 N–H and O–H groups in total. The van der Waals surface area contributed by atoms with Crippen molar-refractivity contribution in [3.8, 4) is 0 Å². The van der Waals surface area contributed by atoms with E-state index in [4.69, 9.17) is 0 Å². The van der Waals surface area contributed by atoms with Gasteiger partial charge in [-0.1, -0.05) is 0 Å². The number of hydrogen-bond donors (Lipinski definition) is 2. The number of carboxylic acids is 1. The van der Waals surface area contributed by atoms with Gasteiger partial charge in [-0.15, -0.1) is 0 Å². The fourth-order valence-corrected chi connectivity index (χ4v) is 4.22. The number of aliphatic carboxylic acids is 1. The van der Waals surface area contributed by atoms with Crippen LogP contribution in [0.15, 0.2) is 11.3 Å². The van der Waals surface area contributed by atoms with Gasteiger partial charge in [-0.05, 0) is 12.0 Å². The standard InChI is InChI=1S/C13H14F3N3O6S.Na.H/c1-26(24,25)17-3-5-2-6-4-18(12(23)13(14,15)16)9-7(6)19(10(9)20)8(5)11(21)22;;/h6-7,9,17H,2-4H2,1H3,(H,21,22);;/t6-,7-,9+;;/m1../s1. The third-order valence-corrected chi connectivity index (χ3v) is 5.37. The van der Waals surface area contributed by atoms with Crippen molar-refractivity contribution in [2.75, 3.05) is 19.3 Å². The van der Waals surface area contributed by atoms with Crippen LogP contribution in [0.5, 0.6) is 0 Å². The van der Waals surface area contributed by atoms with Crippen molar-refractivity contribution in [3.63, 3.8) is 0 Å². The molecule has 14 heteroatoms. The maximum absolute atomic E-state index is 12.7. The molecule has 0 unspecified atom stereocenters. The molecular formula is C13H15F3N3NaO6S. The number of rotatable bonds is 4. The van der Waals surface area contributed by atoms with E-state index in [0.717, 1.165) is 11.2 Å². The van der Waals surface area contributed by atoms with E-state index in [1.807, 2.05) is 0 Å². The molecule has 3 atom stereocenters. The molecule has 0 bridgehead atoms. The molecule has 2 fully saturated rings. The molecule has 0 aromatic rings. The number of nitrogens with zero attached hydrogens (tertiary/aromatic N) is 2. The average Bonchev–Trinajstić information content (AvgIpc) is 2.84. The number of sulfonamides is 1. The van der Waals surface area contributed by atoms with Crippen LogP contribution in [0, 0.1) is 5.92 Å². The summed E-state index contributed by atoms with van der Waals surface area (Å²) in [5.41, 5.74) is -0.359. The van der Waals surface area contributed by atoms with Crippen LogP contribution in [-0.4, -0.2) is 108 Å². The first kappa shape index (κ1) is 22.1. The Balaban J connectivity index is 0.00000261. The van der Waals surface area contributed by atoms with Gasteiger partial charge >= 0.3 is 47.6 Å². The first-order chi connectivity index (χ1) is 11.8. The zero-order chi connectivity index (χ0) is 19.6. The zero-order valence-corrected chi connectivity index (χ0v) is 14.1. The van der Waals surface area contributed by atoms with Gasteiger partial charge in [-0.2, -0.15) is 13.2 Å². The first-order valence-corrected chi connectivity index (χ1v) is 9.33. The zero-order valence-electron chi connectivity index (χ0n) is 13.3. The number of halogens is 3. The number of amides is 2. The molecule has 3 rings (SSSR count). The van der Waals surface area contributed by atoms with Crippen molar-refractivity contribution < 1.29 is 41.1 Å². The van der Waals surface area contributed by atoms with Gasteiger partial charge < -0.3 is 10.0 Å². The van der Waals surface area contributed by atoms with E-state index in [2.05, 4.69) is 4.72 Å². The molecule has 27 heavy (non-hydrogen) atoms. The Kier molecular flexibility index (Phi) is 5.76. The summed E-state index contributed by atoms with van der Waals surface area (Å²) in [5, 5.41) is 9.39. The van der Waals surface area contributed by atoms with Crippen LogP contribution in [-0.2, 0) is 24.4 Å². The summed E-state index contributed by atoms with van der Waals surface area (Å²) in [6.07, 6.45) is -4.31. The third-order valence-electron chi connectivity index (χ3n) is 4.70. The molecule has 0 radical (unpaired) electrons. The number of nitrogens with one attached hydrogen (secondary N) is 1. The Morgan fingerprint density at radius 1 is 1.33 bits per heavy atom. The van der Waals surface area contributed by atoms with Crippen molar-refractivity contribution >= 4 is 57.4 Å². The Bertz CT molecular complexity index is 843. The Morgan fingerprint density at radius 2 is 1.93 bits per heavy atom. The molecule has 0 aromatic heterocycles. The van der Waals surface area contributed by atoms with Crippen LogP contribution in [0.2, 0.25) is 0 Å². The number of alkyl halides is 3. The fraction of sp³-hybridized carbons (Fsp3) is 0.615. The van der Waals surface area contributed by atoms with Gasteiger partial charge in [0.2, 0.25) is 10.0 Å². The van der Waals surface area contributed by atoms with Crippen molar-refractivity contribution in [2.24, 2.45) is 5.92 Å². The molecule has 0 saturated carbocycles. The Morgan fingerprint density at radius 3 is 2.41 bits per heavy atom. The van der Waals surface area contributed by atoms with Crippen LogP contribution in [0.1, 0.15) is 6.42 Å². The Labute approximate surface area is 173 Å². The minimum atomic E-state index is -5.14. The summed E-state index contributed by atoms with van der Waals surface area (Å²) < 4.78 is 62.8. The number of likely N-dealkylation sites (tertiary alicyclic amines) is 1. The number of hydrogen-bond acceptors (Lipinski definition) is 5. The van der Waals surface area contributed by atoms with Gasteiger partial charge in [-0.25, -0.2) is 17.9 Å².